The number of carbonyl (C=O) groups is 1. The van der Waals surface area contributed by atoms with Gasteiger partial charge >= 0.3 is 0 Å². The van der Waals surface area contributed by atoms with Crippen LogP contribution in [-0.4, -0.2) is 12.0 Å². The first-order valence-corrected chi connectivity index (χ1v) is 7.90. The van der Waals surface area contributed by atoms with Gasteiger partial charge in [-0.2, -0.15) is 5.26 Å². The quantitative estimate of drug-likeness (QED) is 0.345. The molecule has 2 aromatic rings. The number of nitriles is 1. The highest BCUT2D eigenvalue weighted by Crippen LogP contribution is 2.26. The van der Waals surface area contributed by atoms with Crippen molar-refractivity contribution in [1.29, 1.82) is 5.26 Å². The normalized spacial score (nSPS) is 9.86. The van der Waals surface area contributed by atoms with E-state index in [0.29, 0.717) is 21.9 Å². The maximum absolute atomic E-state index is 12.3. The zero-order valence-corrected chi connectivity index (χ0v) is 13.4. The minimum Gasteiger partial charge on any atom is -0.454 e. The molecule has 0 bridgehead atoms. The Morgan fingerprint density at radius 2 is 1.95 bits per heavy atom. The molecular weight excluding hydrogens is 318 g/mol. The molecule has 0 saturated heterocycles. The van der Waals surface area contributed by atoms with E-state index in [1.165, 1.54) is 0 Å². The summed E-state index contributed by atoms with van der Waals surface area (Å²) < 4.78 is 5.42. The number of halogens is 1. The van der Waals surface area contributed by atoms with Gasteiger partial charge in [0.1, 0.15) is 5.75 Å². The van der Waals surface area contributed by atoms with Crippen molar-refractivity contribution >= 4 is 29.1 Å². The van der Waals surface area contributed by atoms with Gasteiger partial charge in [-0.15, -0.1) is 11.8 Å². The average molecular weight is 330 g/mol. The molecule has 2 rings (SSSR count). The molecule has 110 valence electrons. The molecule has 0 unspecified atom stereocenters. The van der Waals surface area contributed by atoms with Crippen LogP contribution in [-0.2, 0) is 0 Å². The third-order valence-electron chi connectivity index (χ3n) is 2.90. The number of hydrogen-bond donors (Lipinski definition) is 0. The fraction of sp³-hybridized carbons (Fsp3) is 0.0588. The lowest BCUT2D eigenvalue weighted by Crippen LogP contribution is -2.09. The van der Waals surface area contributed by atoms with Crippen LogP contribution in [0.1, 0.15) is 15.9 Å². The number of thioether (sulfide) groups is 1. The minimum absolute atomic E-state index is 0.0245. The molecule has 0 aliphatic heterocycles. The Bertz CT molecular complexity index is 763. The van der Waals surface area contributed by atoms with Gasteiger partial charge in [-0.3, -0.25) is 4.79 Å². The summed E-state index contributed by atoms with van der Waals surface area (Å²) in [6.07, 6.45) is 1.93. The van der Waals surface area contributed by atoms with Gasteiger partial charge in [-0.05, 0) is 48.7 Å². The summed E-state index contributed by atoms with van der Waals surface area (Å²) in [6, 6.07) is 13.6. The predicted octanol–water partition coefficient (Wildman–Crippen LogP) is 4.71. The molecule has 0 fully saturated rings. The Labute approximate surface area is 138 Å². The Morgan fingerprint density at radius 1 is 1.27 bits per heavy atom. The predicted molar refractivity (Wildman–Crippen MR) is 88.5 cm³/mol. The summed E-state index contributed by atoms with van der Waals surface area (Å²) in [4.78, 5) is 13.3. The maximum atomic E-state index is 12.3. The number of rotatable bonds is 5. The summed E-state index contributed by atoms with van der Waals surface area (Å²) in [5.74, 6) is 0.0414. The molecule has 0 N–H and O–H groups in total. The van der Waals surface area contributed by atoms with Crippen molar-refractivity contribution in [2.24, 2.45) is 0 Å². The Balaban J connectivity index is 2.15. The molecule has 2 aromatic carbocycles. The van der Waals surface area contributed by atoms with Crippen molar-refractivity contribution < 1.29 is 9.53 Å². The van der Waals surface area contributed by atoms with Crippen molar-refractivity contribution in [3.63, 3.8) is 0 Å². The third kappa shape index (κ3) is 3.70. The fourth-order valence-corrected chi connectivity index (χ4v) is 2.51. The van der Waals surface area contributed by atoms with Crippen LogP contribution in [0.4, 0.5) is 0 Å². The van der Waals surface area contributed by atoms with Crippen molar-refractivity contribution in [3.05, 3.63) is 71.0 Å². The Morgan fingerprint density at radius 3 is 2.50 bits per heavy atom. The summed E-state index contributed by atoms with van der Waals surface area (Å²) in [6.45, 7) is 3.65. The monoisotopic (exact) mass is 329 g/mol. The van der Waals surface area contributed by atoms with Crippen LogP contribution < -0.4 is 4.74 Å². The molecule has 0 heterocycles. The van der Waals surface area contributed by atoms with Crippen LogP contribution in [0.2, 0.25) is 5.02 Å². The van der Waals surface area contributed by atoms with E-state index in [0.717, 1.165) is 4.90 Å². The van der Waals surface area contributed by atoms with Gasteiger partial charge in [-0.1, -0.05) is 18.2 Å². The topological polar surface area (TPSA) is 50.1 Å². The van der Waals surface area contributed by atoms with Gasteiger partial charge in [0.15, 0.2) is 5.76 Å². The van der Waals surface area contributed by atoms with E-state index >= 15 is 0 Å². The van der Waals surface area contributed by atoms with Gasteiger partial charge in [0.2, 0.25) is 5.78 Å². The van der Waals surface area contributed by atoms with Crippen LogP contribution >= 0.6 is 23.4 Å². The summed E-state index contributed by atoms with van der Waals surface area (Å²) in [5.41, 5.74) is 0.859. The molecule has 5 heteroatoms. The average Bonchev–Trinajstić information content (AvgIpc) is 2.54. The van der Waals surface area contributed by atoms with Crippen LogP contribution in [0.25, 0.3) is 0 Å². The van der Waals surface area contributed by atoms with Crippen LogP contribution in [0.15, 0.2) is 59.7 Å². The third-order valence-corrected chi connectivity index (χ3v) is 3.94. The fourth-order valence-electron chi connectivity index (χ4n) is 1.74. The molecular formula is C17H12ClNO2S. The van der Waals surface area contributed by atoms with E-state index in [-0.39, 0.29) is 11.5 Å². The molecule has 0 aliphatic carbocycles. The highest BCUT2D eigenvalue weighted by atomic mass is 35.5. The Hall–Kier alpha value is -2.22. The van der Waals surface area contributed by atoms with E-state index in [9.17, 15) is 4.79 Å². The minimum atomic E-state index is -0.373. The zero-order chi connectivity index (χ0) is 16.1. The van der Waals surface area contributed by atoms with Crippen LogP contribution in [0, 0.1) is 11.3 Å². The number of ether oxygens (including phenoxy) is 1. The van der Waals surface area contributed by atoms with Crippen molar-refractivity contribution in [1.82, 2.24) is 0 Å². The number of carbonyl (C=O) groups excluding carboxylic acids is 1. The molecule has 0 radical (unpaired) electrons. The highest BCUT2D eigenvalue weighted by Gasteiger charge is 2.16. The first-order valence-electron chi connectivity index (χ1n) is 6.30. The summed E-state index contributed by atoms with van der Waals surface area (Å²) >= 11 is 7.66. The van der Waals surface area contributed by atoms with Gasteiger partial charge in [0, 0.05) is 10.5 Å². The Kier molecular flexibility index (Phi) is 5.26. The number of benzene rings is 2. The second-order valence-corrected chi connectivity index (χ2v) is 5.62. The van der Waals surface area contributed by atoms with Gasteiger partial charge < -0.3 is 4.74 Å². The van der Waals surface area contributed by atoms with E-state index in [1.807, 2.05) is 18.4 Å². The van der Waals surface area contributed by atoms with E-state index in [4.69, 9.17) is 21.6 Å². The molecule has 22 heavy (non-hydrogen) atoms. The molecule has 0 saturated carbocycles. The van der Waals surface area contributed by atoms with Gasteiger partial charge in [-0.25, -0.2) is 0 Å². The number of nitrogens with zero attached hydrogens (tertiary/aromatic N) is 1. The number of ketones is 1. The molecule has 0 atom stereocenters. The second-order valence-electron chi connectivity index (χ2n) is 4.34. The van der Waals surface area contributed by atoms with Gasteiger partial charge in [0.25, 0.3) is 0 Å². The van der Waals surface area contributed by atoms with E-state index in [1.54, 1.807) is 48.2 Å². The largest absolute Gasteiger partial charge is 0.454 e. The first-order chi connectivity index (χ1) is 10.5. The lowest BCUT2D eigenvalue weighted by atomic mass is 10.1. The highest BCUT2D eigenvalue weighted by molar-refractivity contribution is 7.98. The van der Waals surface area contributed by atoms with Crippen molar-refractivity contribution in [3.8, 4) is 11.8 Å². The van der Waals surface area contributed by atoms with E-state index < -0.39 is 0 Å². The second kappa shape index (κ2) is 7.17. The molecule has 0 aliphatic rings. The number of Topliss-reactive ketones (excluding diaryl/α,β-unsaturated/α-hetero) is 1. The number of hydrogen-bond acceptors (Lipinski definition) is 4. The summed E-state index contributed by atoms with van der Waals surface area (Å²) in [7, 11) is 0. The molecule has 0 aromatic heterocycles. The summed E-state index contributed by atoms with van der Waals surface area (Å²) in [5, 5.41) is 9.10. The zero-order valence-electron chi connectivity index (χ0n) is 11.8. The lowest BCUT2D eigenvalue weighted by Gasteiger charge is -2.09. The molecule has 0 amide bonds. The van der Waals surface area contributed by atoms with Crippen molar-refractivity contribution in [2.75, 3.05) is 6.26 Å². The SMILES string of the molecule is C=C(Oc1ccc(C#N)cc1)C(=O)c1ccc(SC)cc1Cl. The standard InChI is InChI=1S/C17H12ClNO2S/c1-11(21-13-5-3-12(10-19)4-6-13)17(20)15-8-7-14(22-2)9-16(15)18/h3-9H,1H2,2H3. The van der Waals surface area contributed by atoms with Crippen LogP contribution in [0.5, 0.6) is 5.75 Å². The van der Waals surface area contributed by atoms with Crippen molar-refractivity contribution in [2.45, 2.75) is 4.90 Å². The maximum Gasteiger partial charge on any atom is 0.229 e. The first kappa shape index (κ1) is 16.2. The smallest absolute Gasteiger partial charge is 0.229 e. The van der Waals surface area contributed by atoms with E-state index in [2.05, 4.69) is 6.58 Å². The molecule has 3 nitrogen and oxygen atoms in total. The van der Waals surface area contributed by atoms with Crippen LogP contribution in [0.3, 0.4) is 0 Å². The molecule has 0 spiro atoms. The van der Waals surface area contributed by atoms with Gasteiger partial charge in [0.05, 0.1) is 16.7 Å². The number of allylic oxidation sites excluding steroid dienone is 1. The lowest BCUT2D eigenvalue weighted by molar-refractivity contribution is 0.0987.